The molecule has 0 saturated carbocycles. The number of nitrogens with one attached hydrogen (secondary N) is 1. The number of rotatable bonds is 5. The lowest BCUT2D eigenvalue weighted by molar-refractivity contribution is 0.373. The first kappa shape index (κ1) is 14.2. The fraction of sp³-hybridized carbons (Fsp3) is 0.692. The highest BCUT2D eigenvalue weighted by atomic mass is 79.9. The summed E-state index contributed by atoms with van der Waals surface area (Å²) in [5.41, 5.74) is 0.236. The second-order valence-corrected chi connectivity index (χ2v) is 7.42. The molecule has 1 heterocycles. The van der Waals surface area contributed by atoms with E-state index in [9.17, 15) is 0 Å². The number of aryl methyl sites for hydroxylation is 1. The first-order valence-corrected chi connectivity index (χ1v) is 7.52. The largest absolute Gasteiger partial charge is 0.312 e. The van der Waals surface area contributed by atoms with Gasteiger partial charge in [0, 0.05) is 20.3 Å². The van der Waals surface area contributed by atoms with Gasteiger partial charge in [-0.3, -0.25) is 0 Å². The van der Waals surface area contributed by atoms with Crippen molar-refractivity contribution in [2.75, 3.05) is 6.54 Å². The fourth-order valence-corrected chi connectivity index (χ4v) is 2.93. The van der Waals surface area contributed by atoms with E-state index in [0.717, 1.165) is 12.5 Å². The molecule has 0 aliphatic carbocycles. The van der Waals surface area contributed by atoms with E-state index in [2.05, 4.69) is 60.4 Å². The van der Waals surface area contributed by atoms with Gasteiger partial charge in [0.1, 0.15) is 0 Å². The Hall–Kier alpha value is 0.140. The maximum Gasteiger partial charge on any atom is 0.0285 e. The molecule has 1 atom stereocenters. The molecule has 1 rings (SSSR count). The smallest absolute Gasteiger partial charge is 0.0285 e. The molecule has 0 aliphatic heterocycles. The number of halogens is 1. The molecule has 0 fully saturated rings. The first-order chi connectivity index (χ1) is 7.37. The van der Waals surface area contributed by atoms with E-state index >= 15 is 0 Å². The quantitative estimate of drug-likeness (QED) is 0.846. The highest BCUT2D eigenvalue weighted by Gasteiger charge is 2.11. The maximum absolute atomic E-state index is 3.56. The van der Waals surface area contributed by atoms with Gasteiger partial charge < -0.3 is 5.32 Å². The molecule has 0 saturated heterocycles. The summed E-state index contributed by atoms with van der Waals surface area (Å²) in [6.45, 7) is 10.1. The molecule has 0 aliphatic rings. The van der Waals surface area contributed by atoms with Crippen molar-refractivity contribution in [3.05, 3.63) is 20.8 Å². The second kappa shape index (κ2) is 6.18. The van der Waals surface area contributed by atoms with Crippen molar-refractivity contribution in [1.29, 1.82) is 0 Å². The van der Waals surface area contributed by atoms with Crippen LogP contribution in [0.5, 0.6) is 0 Å². The Bertz CT molecular complexity index is 314. The van der Waals surface area contributed by atoms with Gasteiger partial charge in [-0.15, -0.1) is 11.3 Å². The minimum atomic E-state index is 0.236. The number of hydrogen-bond donors (Lipinski definition) is 1. The zero-order valence-corrected chi connectivity index (χ0v) is 13.0. The van der Waals surface area contributed by atoms with E-state index in [4.69, 9.17) is 0 Å². The summed E-state index contributed by atoms with van der Waals surface area (Å²) in [5, 5.41) is 5.72. The molecular formula is C13H22BrNS. The van der Waals surface area contributed by atoms with Crippen LogP contribution in [0.4, 0.5) is 0 Å². The van der Waals surface area contributed by atoms with Gasteiger partial charge in [-0.1, -0.05) is 6.92 Å². The van der Waals surface area contributed by atoms with Crippen LogP contribution in [0.25, 0.3) is 0 Å². The van der Waals surface area contributed by atoms with E-state index in [1.165, 1.54) is 22.2 Å². The topological polar surface area (TPSA) is 12.0 Å². The summed E-state index contributed by atoms with van der Waals surface area (Å²) in [6.07, 6.45) is 2.46. The Morgan fingerprint density at radius 1 is 1.44 bits per heavy atom. The van der Waals surface area contributed by atoms with Gasteiger partial charge >= 0.3 is 0 Å². The highest BCUT2D eigenvalue weighted by Crippen LogP contribution is 2.22. The van der Waals surface area contributed by atoms with E-state index in [-0.39, 0.29) is 5.54 Å². The lowest BCUT2D eigenvalue weighted by atomic mass is 10.0. The predicted octanol–water partition coefficient (Wildman–Crippen LogP) is 4.47. The Kier molecular flexibility index (Phi) is 5.48. The van der Waals surface area contributed by atoms with Crippen molar-refractivity contribution in [2.45, 2.75) is 46.1 Å². The van der Waals surface area contributed by atoms with Gasteiger partial charge in [-0.2, -0.15) is 0 Å². The Balaban J connectivity index is 2.22. The molecule has 1 unspecified atom stereocenters. The maximum atomic E-state index is 3.56. The SMILES string of the molecule is CC(CCc1cc(Br)cs1)CNC(C)(C)C. The van der Waals surface area contributed by atoms with Gasteiger partial charge in [-0.05, 0) is 68.1 Å². The van der Waals surface area contributed by atoms with Crippen LogP contribution >= 0.6 is 27.3 Å². The van der Waals surface area contributed by atoms with Crippen molar-refractivity contribution >= 4 is 27.3 Å². The highest BCUT2D eigenvalue weighted by molar-refractivity contribution is 9.10. The minimum absolute atomic E-state index is 0.236. The van der Waals surface area contributed by atoms with E-state index < -0.39 is 0 Å². The van der Waals surface area contributed by atoms with Gasteiger partial charge in [0.25, 0.3) is 0 Å². The standard InChI is InChI=1S/C13H22BrNS/c1-10(8-15-13(2,3)4)5-6-12-7-11(14)9-16-12/h7,9-10,15H,5-6,8H2,1-4H3. The number of hydrogen-bond acceptors (Lipinski definition) is 2. The average molecular weight is 304 g/mol. The molecule has 1 N–H and O–H groups in total. The van der Waals surface area contributed by atoms with Crippen LogP contribution in [0, 0.1) is 5.92 Å². The van der Waals surface area contributed by atoms with Gasteiger partial charge in [0.05, 0.1) is 0 Å². The molecule has 0 aromatic carbocycles. The fourth-order valence-electron chi connectivity index (χ4n) is 1.46. The molecule has 0 spiro atoms. The third kappa shape index (κ3) is 6.02. The Labute approximate surface area is 112 Å². The van der Waals surface area contributed by atoms with Crippen molar-refractivity contribution < 1.29 is 0 Å². The molecule has 92 valence electrons. The normalized spacial score (nSPS) is 14.1. The van der Waals surface area contributed by atoms with Gasteiger partial charge in [-0.25, -0.2) is 0 Å². The van der Waals surface area contributed by atoms with Crippen molar-refractivity contribution in [3.63, 3.8) is 0 Å². The van der Waals surface area contributed by atoms with Crippen LogP contribution in [0.3, 0.4) is 0 Å². The Morgan fingerprint density at radius 3 is 2.62 bits per heavy atom. The first-order valence-electron chi connectivity index (χ1n) is 5.85. The van der Waals surface area contributed by atoms with Gasteiger partial charge in [0.15, 0.2) is 0 Å². The summed E-state index contributed by atoms with van der Waals surface area (Å²) in [7, 11) is 0. The van der Waals surface area contributed by atoms with Crippen LogP contribution in [-0.4, -0.2) is 12.1 Å². The molecule has 16 heavy (non-hydrogen) atoms. The van der Waals surface area contributed by atoms with E-state index in [1.54, 1.807) is 0 Å². The predicted molar refractivity (Wildman–Crippen MR) is 77.3 cm³/mol. The molecule has 3 heteroatoms. The van der Waals surface area contributed by atoms with Crippen molar-refractivity contribution in [2.24, 2.45) is 5.92 Å². The molecular weight excluding hydrogens is 282 g/mol. The number of thiophene rings is 1. The molecule has 0 bridgehead atoms. The minimum Gasteiger partial charge on any atom is -0.312 e. The zero-order valence-electron chi connectivity index (χ0n) is 10.6. The monoisotopic (exact) mass is 303 g/mol. The second-order valence-electron chi connectivity index (χ2n) is 5.51. The third-order valence-corrected chi connectivity index (χ3v) is 4.24. The van der Waals surface area contributed by atoms with Crippen molar-refractivity contribution in [3.8, 4) is 0 Å². The average Bonchev–Trinajstić information content (AvgIpc) is 2.57. The summed E-state index contributed by atoms with van der Waals surface area (Å²) in [4.78, 5) is 1.48. The van der Waals surface area contributed by atoms with Crippen LogP contribution in [0.1, 0.15) is 39.0 Å². The molecule has 1 aromatic rings. The van der Waals surface area contributed by atoms with Crippen molar-refractivity contribution in [1.82, 2.24) is 5.32 Å². The summed E-state index contributed by atoms with van der Waals surface area (Å²) in [6, 6.07) is 2.23. The lowest BCUT2D eigenvalue weighted by Crippen LogP contribution is -2.38. The van der Waals surface area contributed by atoms with Crippen LogP contribution in [-0.2, 0) is 6.42 Å². The Morgan fingerprint density at radius 2 is 2.12 bits per heavy atom. The summed E-state index contributed by atoms with van der Waals surface area (Å²) in [5.74, 6) is 0.736. The lowest BCUT2D eigenvalue weighted by Gasteiger charge is -2.23. The molecule has 1 nitrogen and oxygen atoms in total. The van der Waals surface area contributed by atoms with E-state index in [1.807, 2.05) is 11.3 Å². The summed E-state index contributed by atoms with van der Waals surface area (Å²) >= 11 is 5.34. The molecule has 1 aromatic heterocycles. The third-order valence-electron chi connectivity index (χ3n) is 2.49. The van der Waals surface area contributed by atoms with Gasteiger partial charge in [0.2, 0.25) is 0 Å². The van der Waals surface area contributed by atoms with E-state index in [0.29, 0.717) is 0 Å². The summed E-state index contributed by atoms with van der Waals surface area (Å²) < 4.78 is 1.22. The van der Waals surface area contributed by atoms with Crippen LogP contribution in [0.15, 0.2) is 15.9 Å². The molecule has 0 radical (unpaired) electrons. The molecule has 0 amide bonds. The zero-order chi connectivity index (χ0) is 12.2. The van der Waals surface area contributed by atoms with Crippen LogP contribution in [0.2, 0.25) is 0 Å². The van der Waals surface area contributed by atoms with Crippen LogP contribution < -0.4 is 5.32 Å².